The second-order valence-corrected chi connectivity index (χ2v) is 4.30. The molecule has 2 heteroatoms. The summed E-state index contributed by atoms with van der Waals surface area (Å²) in [6.07, 6.45) is 0.866. The van der Waals surface area contributed by atoms with Gasteiger partial charge >= 0.3 is 5.97 Å². The predicted octanol–water partition coefficient (Wildman–Crippen LogP) is 3.38. The first kappa shape index (κ1) is 12.8. The Kier molecular flexibility index (Phi) is 5.03. The Labute approximate surface area is 97.6 Å². The van der Waals surface area contributed by atoms with Crippen molar-refractivity contribution < 1.29 is 9.53 Å². The quantitative estimate of drug-likeness (QED) is 0.711. The molecule has 0 saturated carbocycles. The first-order valence-electron chi connectivity index (χ1n) is 5.88. The summed E-state index contributed by atoms with van der Waals surface area (Å²) in [5.74, 6) is 0.00237. The van der Waals surface area contributed by atoms with Crippen LogP contribution in [0.5, 0.6) is 0 Å². The van der Waals surface area contributed by atoms with Crippen LogP contribution in [0.4, 0.5) is 0 Å². The SMILES string of the molecule is CCCOC(=O)C(c1ccccc1)C(C)C. The smallest absolute Gasteiger partial charge is 0.313 e. The molecule has 0 N–H and O–H groups in total. The Morgan fingerprint density at radius 1 is 1.25 bits per heavy atom. The molecular weight excluding hydrogens is 200 g/mol. The van der Waals surface area contributed by atoms with Crippen LogP contribution in [0.1, 0.15) is 38.7 Å². The van der Waals surface area contributed by atoms with Crippen molar-refractivity contribution in [1.82, 2.24) is 0 Å². The highest BCUT2D eigenvalue weighted by molar-refractivity contribution is 5.78. The minimum absolute atomic E-state index is 0.108. The Morgan fingerprint density at radius 2 is 1.88 bits per heavy atom. The topological polar surface area (TPSA) is 26.3 Å². The first-order chi connectivity index (χ1) is 7.66. The van der Waals surface area contributed by atoms with Gasteiger partial charge in [0.05, 0.1) is 12.5 Å². The van der Waals surface area contributed by atoms with Gasteiger partial charge in [0.1, 0.15) is 0 Å². The van der Waals surface area contributed by atoms with Crippen molar-refractivity contribution in [3.05, 3.63) is 35.9 Å². The van der Waals surface area contributed by atoms with Gasteiger partial charge in [-0.2, -0.15) is 0 Å². The number of hydrogen-bond acceptors (Lipinski definition) is 2. The van der Waals surface area contributed by atoms with E-state index in [0.29, 0.717) is 6.61 Å². The van der Waals surface area contributed by atoms with Crippen molar-refractivity contribution in [1.29, 1.82) is 0 Å². The van der Waals surface area contributed by atoms with Gasteiger partial charge < -0.3 is 4.74 Å². The molecular formula is C14H20O2. The van der Waals surface area contributed by atoms with Crippen molar-refractivity contribution in [2.24, 2.45) is 5.92 Å². The average molecular weight is 220 g/mol. The third-order valence-corrected chi connectivity index (χ3v) is 2.53. The van der Waals surface area contributed by atoms with E-state index in [1.54, 1.807) is 0 Å². The fourth-order valence-electron chi connectivity index (χ4n) is 1.75. The molecule has 1 atom stereocenters. The van der Waals surface area contributed by atoms with Gasteiger partial charge in [0.15, 0.2) is 0 Å². The number of carbonyl (C=O) groups is 1. The Morgan fingerprint density at radius 3 is 2.38 bits per heavy atom. The summed E-state index contributed by atoms with van der Waals surface area (Å²) < 4.78 is 5.23. The fraction of sp³-hybridized carbons (Fsp3) is 0.500. The highest BCUT2D eigenvalue weighted by atomic mass is 16.5. The summed E-state index contributed by atoms with van der Waals surface area (Å²) in [5, 5.41) is 0. The zero-order valence-electron chi connectivity index (χ0n) is 10.3. The molecule has 0 aliphatic carbocycles. The van der Waals surface area contributed by atoms with Crippen molar-refractivity contribution in [3.63, 3.8) is 0 Å². The third-order valence-electron chi connectivity index (χ3n) is 2.53. The summed E-state index contributed by atoms with van der Waals surface area (Å²) in [6.45, 7) is 6.60. The van der Waals surface area contributed by atoms with E-state index in [1.165, 1.54) is 0 Å². The van der Waals surface area contributed by atoms with Crippen LogP contribution in [0.25, 0.3) is 0 Å². The minimum Gasteiger partial charge on any atom is -0.465 e. The molecule has 88 valence electrons. The van der Waals surface area contributed by atoms with E-state index >= 15 is 0 Å². The molecule has 0 spiro atoms. The van der Waals surface area contributed by atoms with Crippen LogP contribution in [-0.4, -0.2) is 12.6 Å². The molecule has 0 bridgehead atoms. The molecule has 0 radical (unpaired) electrons. The molecule has 0 aliphatic rings. The fourth-order valence-corrected chi connectivity index (χ4v) is 1.75. The van der Waals surface area contributed by atoms with Gasteiger partial charge in [0.2, 0.25) is 0 Å². The van der Waals surface area contributed by atoms with E-state index < -0.39 is 0 Å². The van der Waals surface area contributed by atoms with Crippen molar-refractivity contribution >= 4 is 5.97 Å². The van der Waals surface area contributed by atoms with Gasteiger partial charge in [0.25, 0.3) is 0 Å². The predicted molar refractivity (Wildman–Crippen MR) is 65.3 cm³/mol. The van der Waals surface area contributed by atoms with Crippen LogP contribution < -0.4 is 0 Å². The lowest BCUT2D eigenvalue weighted by molar-refractivity contribution is -0.146. The van der Waals surface area contributed by atoms with Gasteiger partial charge in [-0.3, -0.25) is 4.79 Å². The van der Waals surface area contributed by atoms with E-state index in [1.807, 2.05) is 51.1 Å². The van der Waals surface area contributed by atoms with Crippen molar-refractivity contribution in [3.8, 4) is 0 Å². The number of hydrogen-bond donors (Lipinski definition) is 0. The molecule has 0 aromatic heterocycles. The van der Waals surface area contributed by atoms with E-state index in [9.17, 15) is 4.79 Å². The lowest BCUT2D eigenvalue weighted by Crippen LogP contribution is -2.21. The first-order valence-corrected chi connectivity index (χ1v) is 5.88. The van der Waals surface area contributed by atoms with E-state index in [-0.39, 0.29) is 17.8 Å². The zero-order valence-corrected chi connectivity index (χ0v) is 10.3. The molecule has 1 aromatic carbocycles. The molecule has 1 unspecified atom stereocenters. The Bertz CT molecular complexity index is 317. The number of ether oxygens (including phenoxy) is 1. The number of benzene rings is 1. The molecule has 16 heavy (non-hydrogen) atoms. The summed E-state index contributed by atoms with van der Waals surface area (Å²) >= 11 is 0. The van der Waals surface area contributed by atoms with Crippen molar-refractivity contribution in [2.75, 3.05) is 6.61 Å². The standard InChI is InChI=1S/C14H20O2/c1-4-10-16-14(15)13(11(2)3)12-8-6-5-7-9-12/h5-9,11,13H,4,10H2,1-3H3. The van der Waals surface area contributed by atoms with Crippen LogP contribution in [0, 0.1) is 5.92 Å². The molecule has 0 aliphatic heterocycles. The lowest BCUT2D eigenvalue weighted by atomic mass is 9.88. The van der Waals surface area contributed by atoms with Crippen LogP contribution in [-0.2, 0) is 9.53 Å². The molecule has 1 aromatic rings. The minimum atomic E-state index is -0.146. The molecule has 1 rings (SSSR count). The highest BCUT2D eigenvalue weighted by Gasteiger charge is 2.25. The van der Waals surface area contributed by atoms with Crippen LogP contribution in [0.2, 0.25) is 0 Å². The summed E-state index contributed by atoms with van der Waals surface area (Å²) in [6, 6.07) is 9.84. The highest BCUT2D eigenvalue weighted by Crippen LogP contribution is 2.25. The zero-order chi connectivity index (χ0) is 12.0. The number of rotatable bonds is 5. The maximum Gasteiger partial charge on any atom is 0.313 e. The van der Waals surface area contributed by atoms with Gasteiger partial charge in [-0.25, -0.2) is 0 Å². The normalized spacial score (nSPS) is 12.5. The van der Waals surface area contributed by atoms with Gasteiger partial charge in [-0.05, 0) is 17.9 Å². The van der Waals surface area contributed by atoms with E-state index in [4.69, 9.17) is 4.74 Å². The maximum atomic E-state index is 11.9. The van der Waals surface area contributed by atoms with Gasteiger partial charge in [0, 0.05) is 0 Å². The van der Waals surface area contributed by atoms with Crippen LogP contribution in [0.15, 0.2) is 30.3 Å². The second kappa shape index (κ2) is 6.31. The molecule has 0 amide bonds. The van der Waals surface area contributed by atoms with E-state index in [2.05, 4.69) is 0 Å². The maximum absolute atomic E-state index is 11.9. The number of carbonyl (C=O) groups excluding carboxylic acids is 1. The van der Waals surface area contributed by atoms with Crippen molar-refractivity contribution in [2.45, 2.75) is 33.1 Å². The Balaban J connectivity index is 2.79. The molecule has 0 heterocycles. The Hall–Kier alpha value is -1.31. The monoisotopic (exact) mass is 220 g/mol. The summed E-state index contributed by atoms with van der Waals surface area (Å²) in [4.78, 5) is 11.9. The molecule has 2 nitrogen and oxygen atoms in total. The van der Waals surface area contributed by atoms with Gasteiger partial charge in [-0.1, -0.05) is 51.1 Å². The molecule has 0 fully saturated rings. The lowest BCUT2D eigenvalue weighted by Gasteiger charge is -2.19. The summed E-state index contributed by atoms with van der Waals surface area (Å²) in [5.41, 5.74) is 1.04. The molecule has 0 saturated heterocycles. The van der Waals surface area contributed by atoms with Gasteiger partial charge in [-0.15, -0.1) is 0 Å². The van der Waals surface area contributed by atoms with Crippen LogP contribution in [0.3, 0.4) is 0 Å². The van der Waals surface area contributed by atoms with Crippen LogP contribution >= 0.6 is 0 Å². The average Bonchev–Trinajstić information content (AvgIpc) is 2.27. The third kappa shape index (κ3) is 3.37. The largest absolute Gasteiger partial charge is 0.465 e. The number of esters is 1. The van der Waals surface area contributed by atoms with E-state index in [0.717, 1.165) is 12.0 Å². The summed E-state index contributed by atoms with van der Waals surface area (Å²) in [7, 11) is 0. The second-order valence-electron chi connectivity index (χ2n) is 4.30.